The van der Waals surface area contributed by atoms with Crippen molar-refractivity contribution in [2.75, 3.05) is 11.0 Å². The van der Waals surface area contributed by atoms with Gasteiger partial charge < -0.3 is 5.32 Å². The number of pyridine rings is 1. The van der Waals surface area contributed by atoms with Crippen LogP contribution in [0.4, 0.5) is 11.4 Å². The van der Waals surface area contributed by atoms with Crippen molar-refractivity contribution in [3.05, 3.63) is 63.5 Å². The highest BCUT2D eigenvalue weighted by Crippen LogP contribution is 2.15. The molecule has 132 valence electrons. The highest BCUT2D eigenvalue weighted by molar-refractivity contribution is 7.92. The molecule has 0 saturated heterocycles. The molecule has 2 N–H and O–H groups in total. The molecule has 1 amide bonds. The summed E-state index contributed by atoms with van der Waals surface area (Å²) >= 11 is 0. The maximum absolute atomic E-state index is 12.2. The van der Waals surface area contributed by atoms with E-state index in [2.05, 4.69) is 15.0 Å². The summed E-state index contributed by atoms with van der Waals surface area (Å²) in [4.78, 5) is 26.3. The quantitative estimate of drug-likeness (QED) is 0.591. The van der Waals surface area contributed by atoms with E-state index in [1.54, 1.807) is 31.2 Å². The van der Waals surface area contributed by atoms with Gasteiger partial charge in [-0.3, -0.25) is 24.6 Å². The summed E-state index contributed by atoms with van der Waals surface area (Å²) in [6.07, 6.45) is 2.13. The van der Waals surface area contributed by atoms with Crippen molar-refractivity contribution in [1.82, 2.24) is 10.3 Å². The van der Waals surface area contributed by atoms with Crippen LogP contribution < -0.4 is 10.0 Å². The summed E-state index contributed by atoms with van der Waals surface area (Å²) in [6, 6.07) is 7.70. The van der Waals surface area contributed by atoms with Gasteiger partial charge in [0.1, 0.15) is 6.20 Å². The molecule has 25 heavy (non-hydrogen) atoms. The Bertz CT molecular complexity index is 927. The van der Waals surface area contributed by atoms with E-state index in [0.717, 1.165) is 12.5 Å². The number of anilines is 1. The third-order valence-corrected chi connectivity index (χ3v) is 3.82. The third kappa shape index (κ3) is 5.24. The molecule has 0 unspecified atom stereocenters. The molecule has 0 atom stereocenters. The van der Waals surface area contributed by atoms with E-state index in [0.29, 0.717) is 16.9 Å². The number of benzene rings is 1. The van der Waals surface area contributed by atoms with E-state index in [1.807, 2.05) is 0 Å². The van der Waals surface area contributed by atoms with Gasteiger partial charge in [0.15, 0.2) is 0 Å². The lowest BCUT2D eigenvalue weighted by Crippen LogP contribution is -2.24. The Kier molecular flexibility index (Phi) is 5.32. The first kappa shape index (κ1) is 18.3. The fraction of sp³-hybridized carbons (Fsp3) is 0.200. The number of hydrogen-bond donors (Lipinski definition) is 2. The summed E-state index contributed by atoms with van der Waals surface area (Å²) in [6.45, 7) is 1.70. The number of rotatable bonds is 6. The number of aromatic nitrogens is 1. The van der Waals surface area contributed by atoms with Crippen molar-refractivity contribution in [3.8, 4) is 0 Å². The molecule has 2 rings (SSSR count). The molecule has 1 aromatic carbocycles. The zero-order valence-corrected chi connectivity index (χ0v) is 14.3. The van der Waals surface area contributed by atoms with E-state index in [1.165, 1.54) is 6.07 Å². The number of nitro groups is 1. The standard InChI is InChI=1S/C15H16N4O5S/c1-10-14(7-13(9-16-10)19(21)22)15(20)17-8-11-4-3-5-12(6-11)18-25(2,23)24/h3-7,9,18H,8H2,1-2H3,(H,17,20). The zero-order valence-electron chi connectivity index (χ0n) is 13.5. The lowest BCUT2D eigenvalue weighted by Gasteiger charge is -2.09. The average Bonchev–Trinajstić information content (AvgIpc) is 2.51. The Balaban J connectivity index is 2.11. The Hall–Kier alpha value is -3.01. The number of carbonyl (C=O) groups excluding carboxylic acids is 1. The normalized spacial score (nSPS) is 11.0. The zero-order chi connectivity index (χ0) is 18.6. The third-order valence-electron chi connectivity index (χ3n) is 3.21. The Morgan fingerprint density at radius 2 is 2.04 bits per heavy atom. The van der Waals surface area contributed by atoms with E-state index in [-0.39, 0.29) is 17.8 Å². The SMILES string of the molecule is Cc1ncc([N+](=O)[O-])cc1C(=O)NCc1cccc(NS(C)(=O)=O)c1. The molecule has 0 aliphatic heterocycles. The van der Waals surface area contributed by atoms with Crippen molar-refractivity contribution < 1.29 is 18.1 Å². The van der Waals surface area contributed by atoms with Gasteiger partial charge in [-0.2, -0.15) is 0 Å². The Labute approximate surface area is 144 Å². The minimum atomic E-state index is -3.40. The second kappa shape index (κ2) is 7.26. The van der Waals surface area contributed by atoms with Gasteiger partial charge in [-0.15, -0.1) is 0 Å². The van der Waals surface area contributed by atoms with Crippen LogP contribution in [0.25, 0.3) is 0 Å². The number of hydrogen-bond acceptors (Lipinski definition) is 6. The van der Waals surface area contributed by atoms with Gasteiger partial charge in [0.2, 0.25) is 10.0 Å². The van der Waals surface area contributed by atoms with E-state index in [9.17, 15) is 23.3 Å². The lowest BCUT2D eigenvalue weighted by atomic mass is 10.1. The second-order valence-electron chi connectivity index (χ2n) is 5.34. The lowest BCUT2D eigenvalue weighted by molar-refractivity contribution is -0.385. The predicted octanol–water partition coefficient (Wildman–Crippen LogP) is 1.60. The molecule has 10 heteroatoms. The van der Waals surface area contributed by atoms with Crippen LogP contribution in [-0.4, -0.2) is 30.5 Å². The molecular weight excluding hydrogens is 348 g/mol. The maximum Gasteiger partial charge on any atom is 0.288 e. The molecular formula is C15H16N4O5S. The fourth-order valence-electron chi connectivity index (χ4n) is 2.09. The number of aryl methyl sites for hydroxylation is 1. The van der Waals surface area contributed by atoms with Crippen molar-refractivity contribution in [2.24, 2.45) is 0 Å². The molecule has 9 nitrogen and oxygen atoms in total. The molecule has 0 aliphatic rings. The molecule has 1 heterocycles. The van der Waals surface area contributed by atoms with Crippen molar-refractivity contribution in [1.29, 1.82) is 0 Å². The summed E-state index contributed by atoms with van der Waals surface area (Å²) < 4.78 is 24.8. The van der Waals surface area contributed by atoms with Crippen LogP contribution in [0.3, 0.4) is 0 Å². The summed E-state index contributed by atoms with van der Waals surface area (Å²) in [5, 5.41) is 13.4. The molecule has 0 bridgehead atoms. The number of amides is 1. The average molecular weight is 364 g/mol. The van der Waals surface area contributed by atoms with Crippen LogP contribution in [0.5, 0.6) is 0 Å². The molecule has 0 aliphatic carbocycles. The van der Waals surface area contributed by atoms with E-state index in [4.69, 9.17) is 0 Å². The van der Waals surface area contributed by atoms with Crippen LogP contribution in [0.1, 0.15) is 21.6 Å². The molecule has 0 spiro atoms. The molecule has 0 saturated carbocycles. The van der Waals surface area contributed by atoms with Crippen LogP contribution in [0.2, 0.25) is 0 Å². The Morgan fingerprint density at radius 3 is 2.68 bits per heavy atom. The highest BCUT2D eigenvalue weighted by atomic mass is 32.2. The fourth-order valence-corrected chi connectivity index (χ4v) is 2.64. The van der Waals surface area contributed by atoms with Gasteiger partial charge in [-0.1, -0.05) is 12.1 Å². The first-order chi connectivity index (χ1) is 11.7. The van der Waals surface area contributed by atoms with Crippen LogP contribution >= 0.6 is 0 Å². The van der Waals surface area contributed by atoms with Crippen LogP contribution in [-0.2, 0) is 16.6 Å². The molecule has 1 aromatic heterocycles. The first-order valence-corrected chi connectivity index (χ1v) is 9.01. The summed E-state index contributed by atoms with van der Waals surface area (Å²) in [5.74, 6) is -0.504. The monoisotopic (exact) mass is 364 g/mol. The summed E-state index contributed by atoms with van der Waals surface area (Å²) in [5.41, 5.74) is 1.26. The van der Waals surface area contributed by atoms with Crippen molar-refractivity contribution in [2.45, 2.75) is 13.5 Å². The smallest absolute Gasteiger partial charge is 0.288 e. The van der Waals surface area contributed by atoms with Gasteiger partial charge in [0.25, 0.3) is 11.6 Å². The van der Waals surface area contributed by atoms with Gasteiger partial charge in [0.05, 0.1) is 22.4 Å². The first-order valence-electron chi connectivity index (χ1n) is 7.11. The molecule has 0 fully saturated rings. The van der Waals surface area contributed by atoms with E-state index >= 15 is 0 Å². The number of sulfonamides is 1. The minimum absolute atomic E-state index is 0.111. The maximum atomic E-state index is 12.2. The minimum Gasteiger partial charge on any atom is -0.348 e. The topological polar surface area (TPSA) is 131 Å². The number of nitrogens with one attached hydrogen (secondary N) is 2. The molecule has 2 aromatic rings. The summed E-state index contributed by atoms with van der Waals surface area (Å²) in [7, 11) is -3.40. The predicted molar refractivity (Wildman–Crippen MR) is 91.7 cm³/mol. The van der Waals surface area contributed by atoms with Gasteiger partial charge in [0, 0.05) is 18.3 Å². The number of carbonyl (C=O) groups is 1. The van der Waals surface area contributed by atoms with E-state index < -0.39 is 20.9 Å². The van der Waals surface area contributed by atoms with Crippen LogP contribution in [0, 0.1) is 17.0 Å². The largest absolute Gasteiger partial charge is 0.348 e. The highest BCUT2D eigenvalue weighted by Gasteiger charge is 2.15. The molecule has 0 radical (unpaired) electrons. The second-order valence-corrected chi connectivity index (χ2v) is 7.09. The van der Waals surface area contributed by atoms with Gasteiger partial charge >= 0.3 is 0 Å². The Morgan fingerprint density at radius 1 is 1.32 bits per heavy atom. The van der Waals surface area contributed by atoms with Crippen molar-refractivity contribution >= 4 is 27.3 Å². The van der Waals surface area contributed by atoms with Gasteiger partial charge in [-0.25, -0.2) is 8.42 Å². The number of nitrogens with zero attached hydrogens (tertiary/aromatic N) is 2. The van der Waals surface area contributed by atoms with Crippen LogP contribution in [0.15, 0.2) is 36.5 Å². The van der Waals surface area contributed by atoms with Crippen molar-refractivity contribution in [3.63, 3.8) is 0 Å². The van der Waals surface area contributed by atoms with Gasteiger partial charge in [-0.05, 0) is 24.6 Å².